The molecule has 94 valence electrons. The quantitative estimate of drug-likeness (QED) is 0.836. The maximum Gasteiger partial charge on any atom is 0.122 e. The number of nitrogens with zero attached hydrogens (tertiary/aromatic N) is 1. The maximum atomic E-state index is 5.83. The van der Waals surface area contributed by atoms with Gasteiger partial charge in [-0.3, -0.25) is 0 Å². The van der Waals surface area contributed by atoms with Crippen LogP contribution in [0.15, 0.2) is 29.6 Å². The van der Waals surface area contributed by atoms with Gasteiger partial charge in [0, 0.05) is 11.3 Å². The van der Waals surface area contributed by atoms with E-state index in [2.05, 4.69) is 30.5 Å². The number of aromatic nitrogens is 1. The lowest BCUT2D eigenvalue weighted by Crippen LogP contribution is -2.19. The first-order valence-corrected chi connectivity index (χ1v) is 7.39. The molecule has 2 nitrogen and oxygen atoms in total. The number of fused-ring (bicyclic) bond motifs is 1. The second-order valence-corrected chi connectivity index (χ2v) is 5.64. The zero-order valence-electron chi connectivity index (χ0n) is 10.6. The maximum absolute atomic E-state index is 5.83. The molecule has 0 saturated carbocycles. The van der Waals surface area contributed by atoms with E-state index in [1.165, 1.54) is 16.3 Å². The average molecular weight is 259 g/mol. The van der Waals surface area contributed by atoms with E-state index >= 15 is 0 Å². The van der Waals surface area contributed by atoms with Crippen LogP contribution >= 0.6 is 11.3 Å². The van der Waals surface area contributed by atoms with Gasteiger partial charge in [-0.15, -0.1) is 11.3 Å². The number of benzene rings is 1. The summed E-state index contributed by atoms with van der Waals surface area (Å²) in [5.74, 6) is 1.47. The van der Waals surface area contributed by atoms with Gasteiger partial charge in [-0.05, 0) is 24.5 Å². The van der Waals surface area contributed by atoms with Crippen molar-refractivity contribution in [3.8, 4) is 5.75 Å². The van der Waals surface area contributed by atoms with Crippen molar-refractivity contribution in [1.82, 2.24) is 4.98 Å². The predicted molar refractivity (Wildman–Crippen MR) is 74.5 cm³/mol. The smallest absolute Gasteiger partial charge is 0.122 e. The highest BCUT2D eigenvalue weighted by Crippen LogP contribution is 2.33. The van der Waals surface area contributed by atoms with Gasteiger partial charge in [0.1, 0.15) is 5.75 Å². The predicted octanol–water partition coefficient (Wildman–Crippen LogP) is 3.81. The molecule has 1 unspecified atom stereocenters. The zero-order chi connectivity index (χ0) is 12.4. The standard InChI is InChI=1S/C15H17NOS/c1-2-5-13-10-18-15(16-13)12-8-11-6-3-4-7-14(11)17-9-12/h3-4,6-7,10,12H,2,5,8-9H2,1H3. The fraction of sp³-hybridized carbons (Fsp3) is 0.400. The lowest BCUT2D eigenvalue weighted by Gasteiger charge is -2.23. The highest BCUT2D eigenvalue weighted by molar-refractivity contribution is 7.09. The summed E-state index contributed by atoms with van der Waals surface area (Å²) in [6.07, 6.45) is 3.29. The number of aryl methyl sites for hydroxylation is 1. The monoisotopic (exact) mass is 259 g/mol. The third-order valence-corrected chi connectivity index (χ3v) is 4.36. The van der Waals surface area contributed by atoms with Crippen LogP contribution < -0.4 is 4.74 Å². The van der Waals surface area contributed by atoms with Crippen molar-refractivity contribution < 1.29 is 4.74 Å². The summed E-state index contributed by atoms with van der Waals surface area (Å²) in [4.78, 5) is 4.74. The third-order valence-electron chi connectivity index (χ3n) is 3.30. The normalized spacial score (nSPS) is 18.2. The Morgan fingerprint density at radius 1 is 1.39 bits per heavy atom. The van der Waals surface area contributed by atoms with E-state index in [0.29, 0.717) is 5.92 Å². The summed E-state index contributed by atoms with van der Waals surface area (Å²) >= 11 is 1.78. The summed E-state index contributed by atoms with van der Waals surface area (Å²) in [7, 11) is 0. The Morgan fingerprint density at radius 3 is 3.17 bits per heavy atom. The van der Waals surface area contributed by atoms with Gasteiger partial charge in [-0.25, -0.2) is 4.98 Å². The molecule has 18 heavy (non-hydrogen) atoms. The van der Waals surface area contributed by atoms with Crippen LogP contribution in [0, 0.1) is 0 Å². The third kappa shape index (κ3) is 2.27. The molecule has 0 bridgehead atoms. The van der Waals surface area contributed by atoms with Crippen LogP contribution in [0.4, 0.5) is 0 Å². The highest BCUT2D eigenvalue weighted by Gasteiger charge is 2.23. The minimum absolute atomic E-state index is 0.426. The molecule has 2 aromatic rings. The Bertz CT molecular complexity index is 535. The van der Waals surface area contributed by atoms with E-state index in [0.717, 1.165) is 31.6 Å². The van der Waals surface area contributed by atoms with E-state index in [1.807, 2.05) is 6.07 Å². The Hall–Kier alpha value is -1.35. The second-order valence-electron chi connectivity index (χ2n) is 4.75. The zero-order valence-corrected chi connectivity index (χ0v) is 11.4. The van der Waals surface area contributed by atoms with E-state index in [1.54, 1.807) is 11.3 Å². The van der Waals surface area contributed by atoms with E-state index in [4.69, 9.17) is 9.72 Å². The van der Waals surface area contributed by atoms with Gasteiger partial charge in [0.15, 0.2) is 0 Å². The molecule has 0 spiro atoms. The van der Waals surface area contributed by atoms with Crippen molar-refractivity contribution in [2.75, 3.05) is 6.61 Å². The largest absolute Gasteiger partial charge is 0.493 e. The van der Waals surface area contributed by atoms with Crippen LogP contribution in [0.25, 0.3) is 0 Å². The first-order valence-electron chi connectivity index (χ1n) is 6.52. The summed E-state index contributed by atoms with van der Waals surface area (Å²) in [6.45, 7) is 2.95. The van der Waals surface area contributed by atoms with E-state index < -0.39 is 0 Å². The number of rotatable bonds is 3. The van der Waals surface area contributed by atoms with Crippen molar-refractivity contribution in [3.05, 3.63) is 45.9 Å². The lowest BCUT2D eigenvalue weighted by atomic mass is 9.97. The Balaban J connectivity index is 1.78. The molecule has 1 aromatic heterocycles. The molecule has 1 aliphatic rings. The summed E-state index contributed by atoms with van der Waals surface area (Å²) in [6, 6.07) is 8.31. The molecule has 0 radical (unpaired) electrons. The van der Waals surface area contributed by atoms with E-state index in [9.17, 15) is 0 Å². The Kier molecular flexibility index (Phi) is 3.33. The second kappa shape index (κ2) is 5.11. The van der Waals surface area contributed by atoms with Crippen molar-refractivity contribution in [2.45, 2.75) is 32.1 Å². The first-order chi connectivity index (χ1) is 8.86. The molecule has 1 aliphatic heterocycles. The molecule has 0 aliphatic carbocycles. The van der Waals surface area contributed by atoms with E-state index in [-0.39, 0.29) is 0 Å². The molecule has 1 atom stereocenters. The molecule has 0 saturated heterocycles. The molecular formula is C15H17NOS. The van der Waals surface area contributed by atoms with Gasteiger partial charge in [-0.1, -0.05) is 31.5 Å². The van der Waals surface area contributed by atoms with Gasteiger partial charge < -0.3 is 4.74 Å². The number of para-hydroxylation sites is 1. The summed E-state index contributed by atoms with van der Waals surface area (Å²) in [5, 5.41) is 3.42. The molecule has 1 aromatic carbocycles. The molecule has 2 heterocycles. The molecule has 0 amide bonds. The molecule has 3 rings (SSSR count). The van der Waals surface area contributed by atoms with Crippen molar-refractivity contribution in [3.63, 3.8) is 0 Å². The Labute approximate surface area is 112 Å². The van der Waals surface area contributed by atoms with Crippen molar-refractivity contribution in [2.24, 2.45) is 0 Å². The Morgan fingerprint density at radius 2 is 2.28 bits per heavy atom. The highest BCUT2D eigenvalue weighted by atomic mass is 32.1. The number of ether oxygens (including phenoxy) is 1. The SMILES string of the molecule is CCCc1csc(C2COc3ccccc3C2)n1. The van der Waals surface area contributed by atoms with Crippen LogP contribution in [0.1, 0.15) is 35.5 Å². The van der Waals surface area contributed by atoms with Gasteiger partial charge in [-0.2, -0.15) is 0 Å². The first kappa shape index (κ1) is 11.7. The van der Waals surface area contributed by atoms with Crippen LogP contribution in [0.5, 0.6) is 5.75 Å². The van der Waals surface area contributed by atoms with Crippen LogP contribution in [-0.4, -0.2) is 11.6 Å². The summed E-state index contributed by atoms with van der Waals surface area (Å²) < 4.78 is 5.83. The molecule has 3 heteroatoms. The van der Waals surface area contributed by atoms with Crippen LogP contribution in [0.3, 0.4) is 0 Å². The van der Waals surface area contributed by atoms with Gasteiger partial charge in [0.25, 0.3) is 0 Å². The lowest BCUT2D eigenvalue weighted by molar-refractivity contribution is 0.262. The summed E-state index contributed by atoms with van der Waals surface area (Å²) in [5.41, 5.74) is 2.54. The van der Waals surface area contributed by atoms with Crippen molar-refractivity contribution >= 4 is 11.3 Å². The minimum atomic E-state index is 0.426. The van der Waals surface area contributed by atoms with Crippen molar-refractivity contribution in [1.29, 1.82) is 0 Å². The number of hydrogen-bond acceptors (Lipinski definition) is 3. The fourth-order valence-electron chi connectivity index (χ4n) is 2.37. The number of thiazole rings is 1. The van der Waals surface area contributed by atoms with Crippen LogP contribution in [0.2, 0.25) is 0 Å². The fourth-order valence-corrected chi connectivity index (χ4v) is 3.31. The van der Waals surface area contributed by atoms with Gasteiger partial charge in [0.2, 0.25) is 0 Å². The molecular weight excluding hydrogens is 242 g/mol. The topological polar surface area (TPSA) is 22.1 Å². The molecule has 0 N–H and O–H groups in total. The number of hydrogen-bond donors (Lipinski definition) is 0. The van der Waals surface area contributed by atoms with Gasteiger partial charge >= 0.3 is 0 Å². The minimum Gasteiger partial charge on any atom is -0.493 e. The van der Waals surface area contributed by atoms with Gasteiger partial charge in [0.05, 0.1) is 17.3 Å². The van der Waals surface area contributed by atoms with Crippen LogP contribution in [-0.2, 0) is 12.8 Å². The average Bonchev–Trinajstić information content (AvgIpc) is 2.87. The molecule has 0 fully saturated rings.